The normalized spacial score (nSPS) is 16.4. The number of hydrogen-bond donors (Lipinski definition) is 3. The van der Waals surface area contributed by atoms with Crippen molar-refractivity contribution >= 4 is 20.2 Å². The molecule has 0 saturated heterocycles. The van der Waals surface area contributed by atoms with Crippen molar-refractivity contribution in [2.75, 3.05) is 13.2 Å². The van der Waals surface area contributed by atoms with Crippen LogP contribution in [-0.4, -0.2) is 33.2 Å². The molecule has 0 amide bonds. The average molecular weight is 277 g/mol. The Bertz CT molecular complexity index is 421. The van der Waals surface area contributed by atoms with Crippen LogP contribution in [0.15, 0.2) is 30.3 Å². The molecule has 1 rings (SSSR count). The molecule has 0 aliphatic rings. The molecule has 7 heteroatoms. The molecule has 17 heavy (non-hydrogen) atoms. The summed E-state index contributed by atoms with van der Waals surface area (Å²) < 4.78 is 23.7. The molecule has 0 saturated carbocycles. The number of rotatable bonds is 7. The molecule has 0 radical (unpaired) electrons. The van der Waals surface area contributed by atoms with E-state index in [2.05, 4.69) is 20.7 Å². The van der Waals surface area contributed by atoms with Gasteiger partial charge in [0.1, 0.15) is 6.23 Å². The first kappa shape index (κ1) is 14.5. The van der Waals surface area contributed by atoms with E-state index in [0.29, 0.717) is 6.42 Å². The summed E-state index contributed by atoms with van der Waals surface area (Å²) in [4.78, 5) is 0. The Morgan fingerprint density at radius 3 is 2.65 bits per heavy atom. The van der Waals surface area contributed by atoms with E-state index in [0.717, 1.165) is 5.56 Å². The van der Waals surface area contributed by atoms with Gasteiger partial charge >= 0.3 is 0 Å². The summed E-state index contributed by atoms with van der Waals surface area (Å²) in [6, 6.07) is 9.50. The maximum absolute atomic E-state index is 10.6. The van der Waals surface area contributed by atoms with E-state index < -0.39 is 15.3 Å². The van der Waals surface area contributed by atoms with Crippen molar-refractivity contribution in [1.82, 2.24) is 5.32 Å². The van der Waals surface area contributed by atoms with Crippen LogP contribution < -0.4 is 5.32 Å². The Morgan fingerprint density at radius 1 is 1.41 bits per heavy atom. The van der Waals surface area contributed by atoms with Crippen LogP contribution in [0.5, 0.6) is 0 Å². The molecule has 3 N–H and O–H groups in total. The zero-order valence-electron chi connectivity index (χ0n) is 9.11. The van der Waals surface area contributed by atoms with Crippen molar-refractivity contribution < 1.29 is 18.1 Å². The van der Waals surface area contributed by atoms with Gasteiger partial charge in [0.05, 0.1) is 6.61 Å². The highest BCUT2D eigenvalue weighted by atomic mass is 32.9. The topological polar surface area (TPSA) is 78.8 Å². The van der Waals surface area contributed by atoms with Crippen LogP contribution >= 0.6 is 0 Å². The van der Waals surface area contributed by atoms with E-state index in [-0.39, 0.29) is 13.2 Å². The first-order valence-corrected chi connectivity index (χ1v) is 7.41. The van der Waals surface area contributed by atoms with Gasteiger partial charge in [-0.1, -0.05) is 30.3 Å². The van der Waals surface area contributed by atoms with E-state index >= 15 is 0 Å². The van der Waals surface area contributed by atoms with Crippen LogP contribution in [0.4, 0.5) is 0 Å². The lowest BCUT2D eigenvalue weighted by Gasteiger charge is -2.12. The Balaban J connectivity index is 2.20. The van der Waals surface area contributed by atoms with E-state index in [1.807, 2.05) is 30.3 Å². The Hall–Kier alpha value is -0.570. The first-order valence-electron chi connectivity index (χ1n) is 5.04. The highest BCUT2D eigenvalue weighted by Gasteiger charge is 2.05. The lowest BCUT2D eigenvalue weighted by molar-refractivity contribution is 0.130. The van der Waals surface area contributed by atoms with Crippen LogP contribution in [0.25, 0.3) is 0 Å². The van der Waals surface area contributed by atoms with Gasteiger partial charge < -0.3 is 5.11 Å². The number of nitrogens with one attached hydrogen (secondary N) is 1. The number of hydrogen-bond acceptors (Lipinski definition) is 5. The van der Waals surface area contributed by atoms with Gasteiger partial charge in [0.25, 0.3) is 9.05 Å². The number of aliphatic hydroxyl groups is 1. The van der Waals surface area contributed by atoms with Crippen molar-refractivity contribution in [2.24, 2.45) is 0 Å². The number of aliphatic hydroxyl groups excluding tert-OH is 1. The van der Waals surface area contributed by atoms with Gasteiger partial charge in [-0.2, -0.15) is 4.21 Å². The molecule has 1 aromatic carbocycles. The molecule has 0 spiro atoms. The maximum Gasteiger partial charge on any atom is 0.266 e. The third-order valence-corrected chi connectivity index (χ3v) is 2.74. The molecule has 0 aromatic heterocycles. The minimum absolute atomic E-state index is 0.0231. The molecule has 0 heterocycles. The lowest BCUT2D eigenvalue weighted by atomic mass is 10.1. The summed E-state index contributed by atoms with van der Waals surface area (Å²) in [5.74, 6) is 0. The van der Waals surface area contributed by atoms with Gasteiger partial charge in [-0.25, -0.2) is 0 Å². The quantitative estimate of drug-likeness (QED) is 0.491. The molecule has 0 aliphatic heterocycles. The van der Waals surface area contributed by atoms with Gasteiger partial charge in [-0.05, 0) is 5.56 Å². The summed E-state index contributed by atoms with van der Waals surface area (Å²) in [7, 11) is -3.57. The Kier molecular flexibility index (Phi) is 5.96. The van der Waals surface area contributed by atoms with Crippen LogP contribution in [-0.2, 0) is 30.8 Å². The molecule has 0 bridgehead atoms. The molecular formula is C10H15NO4S2. The second kappa shape index (κ2) is 7.00. The van der Waals surface area contributed by atoms with Gasteiger partial charge in [0, 0.05) is 24.2 Å². The van der Waals surface area contributed by atoms with Gasteiger partial charge in [-0.3, -0.25) is 14.1 Å². The van der Waals surface area contributed by atoms with E-state index in [1.165, 1.54) is 0 Å². The molecule has 1 unspecified atom stereocenters. The van der Waals surface area contributed by atoms with Crippen molar-refractivity contribution in [3.8, 4) is 0 Å². The van der Waals surface area contributed by atoms with Crippen LogP contribution in [0, 0.1) is 0 Å². The van der Waals surface area contributed by atoms with Gasteiger partial charge in [0.15, 0.2) is 0 Å². The summed E-state index contributed by atoms with van der Waals surface area (Å²) in [5.41, 5.74) is 1.00. The fourth-order valence-electron chi connectivity index (χ4n) is 1.28. The second-order valence-corrected chi connectivity index (χ2v) is 5.76. The fourth-order valence-corrected chi connectivity index (χ4v) is 1.78. The van der Waals surface area contributed by atoms with Gasteiger partial charge in [-0.15, -0.1) is 0 Å². The molecule has 0 fully saturated rings. The molecule has 5 nitrogen and oxygen atoms in total. The van der Waals surface area contributed by atoms with Crippen LogP contribution in [0.3, 0.4) is 0 Å². The summed E-state index contributed by atoms with van der Waals surface area (Å²) in [6.45, 7) is 0.229. The Morgan fingerprint density at radius 2 is 2.06 bits per heavy atom. The highest BCUT2D eigenvalue weighted by Crippen LogP contribution is 2.01. The third-order valence-electron chi connectivity index (χ3n) is 1.99. The maximum atomic E-state index is 10.6. The van der Waals surface area contributed by atoms with Crippen molar-refractivity contribution in [3.05, 3.63) is 35.9 Å². The van der Waals surface area contributed by atoms with E-state index in [9.17, 15) is 9.32 Å². The molecule has 96 valence electrons. The van der Waals surface area contributed by atoms with Crippen LogP contribution in [0.1, 0.15) is 5.56 Å². The largest absolute Gasteiger partial charge is 0.378 e. The zero-order chi connectivity index (χ0) is 12.7. The summed E-state index contributed by atoms with van der Waals surface area (Å²) in [6.07, 6.45) is -0.260. The Labute approximate surface area is 106 Å². The van der Waals surface area contributed by atoms with E-state index in [4.69, 9.17) is 4.55 Å². The van der Waals surface area contributed by atoms with Crippen LogP contribution in [0.2, 0.25) is 0 Å². The average Bonchev–Trinajstić information content (AvgIpc) is 2.25. The summed E-state index contributed by atoms with van der Waals surface area (Å²) in [5, 5.41) is 12.4. The third kappa shape index (κ3) is 7.37. The highest BCUT2D eigenvalue weighted by molar-refractivity contribution is 8.27. The van der Waals surface area contributed by atoms with E-state index in [1.54, 1.807) is 0 Å². The minimum Gasteiger partial charge on any atom is -0.378 e. The first-order chi connectivity index (χ1) is 7.97. The second-order valence-electron chi connectivity index (χ2n) is 3.41. The molecule has 2 atom stereocenters. The van der Waals surface area contributed by atoms with Crippen molar-refractivity contribution in [2.45, 2.75) is 12.6 Å². The number of benzene rings is 1. The fraction of sp³-hybridized carbons (Fsp3) is 0.400. The standard InChI is InChI=1S/C10H15NO4S2/c12-10(8-9-4-2-1-3-5-9)11-6-7-15-17(13,14)16/h1-5,10-12H,6-8H2,(H,13,14,16)/t10-/m0/s1. The SMILES string of the molecule is O=S(O)(=S)OCCN[C@@H](O)Cc1ccccc1. The smallest absolute Gasteiger partial charge is 0.266 e. The van der Waals surface area contributed by atoms with Gasteiger partial charge in [0.2, 0.25) is 0 Å². The van der Waals surface area contributed by atoms with Crippen molar-refractivity contribution in [3.63, 3.8) is 0 Å². The molecule has 1 aromatic rings. The molecule has 0 aliphatic carbocycles. The minimum atomic E-state index is -3.57. The van der Waals surface area contributed by atoms with Crippen molar-refractivity contribution in [1.29, 1.82) is 0 Å². The summed E-state index contributed by atoms with van der Waals surface area (Å²) >= 11 is 4.14. The zero-order valence-corrected chi connectivity index (χ0v) is 10.7. The lowest BCUT2D eigenvalue weighted by Crippen LogP contribution is -2.33. The molecular weight excluding hydrogens is 262 g/mol. The predicted molar refractivity (Wildman–Crippen MR) is 68.2 cm³/mol. The monoisotopic (exact) mass is 277 g/mol. The predicted octanol–water partition coefficient (Wildman–Crippen LogP) is 0.288.